The van der Waals surface area contributed by atoms with Crippen molar-refractivity contribution < 1.29 is 0 Å². The Labute approximate surface area is 195 Å². The topological polar surface area (TPSA) is 50.1 Å². The highest BCUT2D eigenvalue weighted by atomic mass is 14.9. The van der Waals surface area contributed by atoms with Crippen molar-refractivity contribution in [2.24, 2.45) is 17.6 Å². The highest BCUT2D eigenvalue weighted by Gasteiger charge is 2.13. The largest absolute Gasteiger partial charge is 0.385 e. The van der Waals surface area contributed by atoms with Crippen molar-refractivity contribution in [2.45, 2.75) is 58.4 Å². The van der Waals surface area contributed by atoms with E-state index < -0.39 is 0 Å². The van der Waals surface area contributed by atoms with E-state index in [0.717, 1.165) is 54.4 Å². The van der Waals surface area contributed by atoms with Crippen LogP contribution in [-0.2, 0) is 13.0 Å². The number of hydrogen-bond donors (Lipinski definition) is 3. The van der Waals surface area contributed by atoms with Crippen LogP contribution >= 0.6 is 0 Å². The fourth-order valence-corrected chi connectivity index (χ4v) is 4.54. The zero-order valence-electron chi connectivity index (χ0n) is 19.8. The highest BCUT2D eigenvalue weighted by molar-refractivity contribution is 5.67. The fraction of sp³-hybridized carbons (Fsp3) is 0.448. The zero-order valence-corrected chi connectivity index (χ0v) is 19.8. The number of benzene rings is 2. The van der Waals surface area contributed by atoms with Gasteiger partial charge in [0.15, 0.2) is 0 Å². The molecule has 3 heteroatoms. The Morgan fingerprint density at radius 1 is 0.906 bits per heavy atom. The van der Waals surface area contributed by atoms with Gasteiger partial charge in [-0.25, -0.2) is 0 Å². The maximum atomic E-state index is 5.87. The lowest BCUT2D eigenvalue weighted by atomic mass is 9.89. The minimum atomic E-state index is 0.556. The summed E-state index contributed by atoms with van der Waals surface area (Å²) in [7, 11) is 0. The lowest BCUT2D eigenvalue weighted by Gasteiger charge is -2.23. The van der Waals surface area contributed by atoms with Gasteiger partial charge in [0.1, 0.15) is 0 Å². The molecule has 0 heterocycles. The molecule has 1 aliphatic carbocycles. The van der Waals surface area contributed by atoms with Crippen molar-refractivity contribution in [3.05, 3.63) is 83.9 Å². The molecule has 1 saturated carbocycles. The maximum Gasteiger partial charge on any atom is 0.0340 e. The summed E-state index contributed by atoms with van der Waals surface area (Å²) in [6.45, 7) is 13.4. The molecule has 0 radical (unpaired) electrons. The van der Waals surface area contributed by atoms with E-state index in [0.29, 0.717) is 12.5 Å². The van der Waals surface area contributed by atoms with Crippen LogP contribution in [0.25, 0.3) is 11.4 Å². The third-order valence-electron chi connectivity index (χ3n) is 6.82. The summed E-state index contributed by atoms with van der Waals surface area (Å²) in [4.78, 5) is 0. The Balaban J connectivity index is 1.41. The van der Waals surface area contributed by atoms with E-state index in [4.69, 9.17) is 5.73 Å². The first kappa shape index (κ1) is 24.1. The summed E-state index contributed by atoms with van der Waals surface area (Å²) in [5, 5.41) is 7.08. The van der Waals surface area contributed by atoms with Gasteiger partial charge < -0.3 is 16.4 Å². The van der Waals surface area contributed by atoms with Gasteiger partial charge in [-0.3, -0.25) is 0 Å². The van der Waals surface area contributed by atoms with Gasteiger partial charge in [0.2, 0.25) is 0 Å². The number of rotatable bonds is 12. The molecule has 1 unspecified atom stereocenters. The molecule has 172 valence electrons. The molecule has 3 rings (SSSR count). The van der Waals surface area contributed by atoms with Crippen LogP contribution in [0.4, 0.5) is 0 Å². The fourth-order valence-electron chi connectivity index (χ4n) is 4.54. The standard InChI is InChI=1S/C29H41N3/c1-22(13-14-28-11-7-8-12-29(28)19-30)20-31-23(2)26-15-17-27(18-16-26)24(3)32-21-25-9-5-4-6-10-25/h7-8,11-12,15-18,22,25,31-32H,2-6,9-10,13-14,19-21,30H2,1H3. The molecular formula is C29H41N3. The summed E-state index contributed by atoms with van der Waals surface area (Å²) in [6.07, 6.45) is 9.05. The second-order valence-corrected chi connectivity index (χ2v) is 9.42. The quantitative estimate of drug-likeness (QED) is 0.380. The van der Waals surface area contributed by atoms with Crippen LogP contribution in [0.2, 0.25) is 0 Å². The molecule has 0 bridgehead atoms. The van der Waals surface area contributed by atoms with Crippen molar-refractivity contribution in [1.82, 2.24) is 10.6 Å². The molecule has 1 aliphatic rings. The lowest BCUT2D eigenvalue weighted by Crippen LogP contribution is -2.23. The monoisotopic (exact) mass is 431 g/mol. The van der Waals surface area contributed by atoms with Crippen LogP contribution < -0.4 is 16.4 Å². The second-order valence-electron chi connectivity index (χ2n) is 9.42. The number of nitrogens with two attached hydrogens (primary N) is 1. The van der Waals surface area contributed by atoms with Crippen LogP contribution in [-0.4, -0.2) is 13.1 Å². The first-order valence-electron chi connectivity index (χ1n) is 12.3. The molecule has 0 aromatic heterocycles. The predicted molar refractivity (Wildman–Crippen MR) is 139 cm³/mol. The summed E-state index contributed by atoms with van der Waals surface area (Å²) in [5.74, 6) is 1.36. The Bertz CT molecular complexity index is 862. The molecule has 0 aliphatic heterocycles. The van der Waals surface area contributed by atoms with Gasteiger partial charge in [0.05, 0.1) is 0 Å². The smallest absolute Gasteiger partial charge is 0.0340 e. The molecule has 1 atom stereocenters. The van der Waals surface area contributed by atoms with E-state index in [2.05, 4.69) is 79.2 Å². The Morgan fingerprint density at radius 3 is 2.12 bits per heavy atom. The van der Waals surface area contributed by atoms with E-state index in [1.165, 1.54) is 43.2 Å². The third kappa shape index (κ3) is 7.27. The number of hydrogen-bond acceptors (Lipinski definition) is 3. The number of aryl methyl sites for hydroxylation is 1. The van der Waals surface area contributed by atoms with Gasteiger partial charge in [-0.15, -0.1) is 0 Å². The first-order valence-corrected chi connectivity index (χ1v) is 12.3. The minimum Gasteiger partial charge on any atom is -0.385 e. The van der Waals surface area contributed by atoms with Gasteiger partial charge in [0.25, 0.3) is 0 Å². The Hall–Kier alpha value is -2.52. The lowest BCUT2D eigenvalue weighted by molar-refractivity contribution is 0.355. The predicted octanol–water partition coefficient (Wildman–Crippen LogP) is 6.12. The molecule has 0 spiro atoms. The molecule has 2 aromatic carbocycles. The molecule has 0 saturated heterocycles. The third-order valence-corrected chi connectivity index (χ3v) is 6.82. The molecular weight excluding hydrogens is 390 g/mol. The zero-order chi connectivity index (χ0) is 22.8. The van der Waals surface area contributed by atoms with Crippen LogP contribution in [0, 0.1) is 11.8 Å². The highest BCUT2D eigenvalue weighted by Crippen LogP contribution is 2.24. The first-order chi connectivity index (χ1) is 15.6. The van der Waals surface area contributed by atoms with Crippen LogP contribution in [0.15, 0.2) is 61.7 Å². The van der Waals surface area contributed by atoms with Gasteiger partial charge in [-0.05, 0) is 59.8 Å². The van der Waals surface area contributed by atoms with Crippen LogP contribution in [0.5, 0.6) is 0 Å². The van der Waals surface area contributed by atoms with Gasteiger partial charge in [0, 0.05) is 31.0 Å². The summed E-state index contributed by atoms with van der Waals surface area (Å²) >= 11 is 0. The minimum absolute atomic E-state index is 0.556. The van der Waals surface area contributed by atoms with Gasteiger partial charge in [-0.2, -0.15) is 0 Å². The Kier molecular flexibility index (Phi) is 9.43. The maximum absolute atomic E-state index is 5.87. The van der Waals surface area contributed by atoms with Crippen molar-refractivity contribution in [3.8, 4) is 0 Å². The molecule has 2 aromatic rings. The van der Waals surface area contributed by atoms with Crippen LogP contribution in [0.1, 0.15) is 67.7 Å². The normalized spacial score (nSPS) is 15.2. The molecule has 32 heavy (non-hydrogen) atoms. The molecule has 0 amide bonds. The van der Waals surface area contributed by atoms with Crippen molar-refractivity contribution in [1.29, 1.82) is 0 Å². The number of nitrogens with one attached hydrogen (secondary N) is 2. The summed E-state index contributed by atoms with van der Waals surface area (Å²) in [5.41, 5.74) is 12.8. The van der Waals surface area contributed by atoms with E-state index >= 15 is 0 Å². The SMILES string of the molecule is C=C(NCC(C)CCc1ccccc1CN)c1ccc(C(=C)NCC2CCCCC2)cc1. The molecule has 1 fully saturated rings. The van der Waals surface area contributed by atoms with Crippen LogP contribution in [0.3, 0.4) is 0 Å². The Morgan fingerprint density at radius 2 is 1.50 bits per heavy atom. The van der Waals surface area contributed by atoms with E-state index in [1.54, 1.807) is 0 Å². The van der Waals surface area contributed by atoms with Gasteiger partial charge in [-0.1, -0.05) is 87.9 Å². The van der Waals surface area contributed by atoms with E-state index in [-0.39, 0.29) is 0 Å². The average molecular weight is 432 g/mol. The van der Waals surface area contributed by atoms with Crippen molar-refractivity contribution >= 4 is 11.4 Å². The van der Waals surface area contributed by atoms with E-state index in [9.17, 15) is 0 Å². The molecule has 4 N–H and O–H groups in total. The van der Waals surface area contributed by atoms with Crippen molar-refractivity contribution in [3.63, 3.8) is 0 Å². The second kappa shape index (κ2) is 12.5. The van der Waals surface area contributed by atoms with Gasteiger partial charge >= 0.3 is 0 Å². The summed E-state index contributed by atoms with van der Waals surface area (Å²) in [6, 6.07) is 17.1. The van der Waals surface area contributed by atoms with E-state index in [1.807, 2.05) is 0 Å². The average Bonchev–Trinajstić information content (AvgIpc) is 2.85. The molecule has 3 nitrogen and oxygen atoms in total. The van der Waals surface area contributed by atoms with Crippen molar-refractivity contribution in [2.75, 3.05) is 13.1 Å². The summed E-state index contributed by atoms with van der Waals surface area (Å²) < 4.78 is 0.